The molecule has 1 fully saturated rings. The summed E-state index contributed by atoms with van der Waals surface area (Å²) in [5, 5.41) is 23.1. The highest BCUT2D eigenvalue weighted by molar-refractivity contribution is 5.86. The van der Waals surface area contributed by atoms with Crippen LogP contribution in [0.3, 0.4) is 0 Å². The van der Waals surface area contributed by atoms with Crippen LogP contribution in [0.5, 0.6) is 0 Å². The highest BCUT2D eigenvalue weighted by Gasteiger charge is 2.55. The average molecular weight is 171 g/mol. The monoisotopic (exact) mass is 171 g/mol. The molecule has 2 aliphatic rings. The van der Waals surface area contributed by atoms with Gasteiger partial charge >= 0.3 is 0 Å². The molecule has 0 bridgehead atoms. The maximum absolute atomic E-state index is 9.79. The summed E-state index contributed by atoms with van der Waals surface area (Å²) in [6.45, 7) is 3.49. The van der Waals surface area contributed by atoms with E-state index >= 15 is 0 Å². The molecule has 12 heavy (non-hydrogen) atoms. The minimum Gasteiger partial charge on any atom is -0.392 e. The molecule has 0 amide bonds. The van der Waals surface area contributed by atoms with Crippen LogP contribution in [0.25, 0.3) is 0 Å². The molecular formula is C8H13NO3. The number of oxime groups is 1. The van der Waals surface area contributed by atoms with Gasteiger partial charge in [-0.25, -0.2) is 0 Å². The number of hydrogen-bond acceptors (Lipinski definition) is 4. The zero-order valence-electron chi connectivity index (χ0n) is 7.19. The second-order valence-corrected chi connectivity index (χ2v) is 3.91. The van der Waals surface area contributed by atoms with Gasteiger partial charge < -0.3 is 15.1 Å². The van der Waals surface area contributed by atoms with E-state index in [4.69, 9.17) is 4.84 Å². The van der Waals surface area contributed by atoms with Crippen molar-refractivity contribution in [3.8, 4) is 0 Å². The second kappa shape index (κ2) is 2.20. The summed E-state index contributed by atoms with van der Waals surface area (Å²) in [5.41, 5.74) is -0.156. The molecule has 1 saturated carbocycles. The molecule has 4 atom stereocenters. The van der Waals surface area contributed by atoms with Gasteiger partial charge in [0.05, 0.1) is 17.7 Å². The molecule has 1 heterocycles. The molecule has 0 radical (unpaired) electrons. The Balaban J connectivity index is 2.28. The van der Waals surface area contributed by atoms with Gasteiger partial charge in [-0.05, 0) is 13.8 Å². The van der Waals surface area contributed by atoms with Gasteiger partial charge in [-0.3, -0.25) is 0 Å². The zero-order chi connectivity index (χ0) is 8.93. The third-order valence-corrected chi connectivity index (χ3v) is 2.77. The van der Waals surface area contributed by atoms with E-state index in [1.54, 1.807) is 6.92 Å². The summed E-state index contributed by atoms with van der Waals surface area (Å²) >= 11 is 0. The Labute approximate surface area is 70.8 Å². The molecule has 0 saturated heterocycles. The molecule has 4 nitrogen and oxygen atoms in total. The van der Waals surface area contributed by atoms with Gasteiger partial charge in [0, 0.05) is 6.42 Å². The zero-order valence-corrected chi connectivity index (χ0v) is 7.19. The molecule has 0 spiro atoms. The van der Waals surface area contributed by atoms with Crippen LogP contribution >= 0.6 is 0 Å². The van der Waals surface area contributed by atoms with Crippen LogP contribution in [0.1, 0.15) is 20.3 Å². The third kappa shape index (κ3) is 0.881. The number of rotatable bonds is 0. The molecular weight excluding hydrogens is 158 g/mol. The van der Waals surface area contributed by atoms with Gasteiger partial charge in [-0.2, -0.15) is 0 Å². The van der Waals surface area contributed by atoms with Gasteiger partial charge in [0.1, 0.15) is 5.60 Å². The van der Waals surface area contributed by atoms with Crippen molar-refractivity contribution >= 4 is 5.71 Å². The fraction of sp³-hybridized carbons (Fsp3) is 0.875. The molecule has 1 aliphatic carbocycles. The first kappa shape index (κ1) is 8.01. The molecule has 2 rings (SSSR count). The summed E-state index contributed by atoms with van der Waals surface area (Å²) in [5.74, 6) is -0.111. The van der Waals surface area contributed by atoms with Crippen molar-refractivity contribution in [2.24, 2.45) is 11.1 Å². The average Bonchev–Trinajstić information content (AvgIpc) is 2.38. The van der Waals surface area contributed by atoms with E-state index in [0.717, 1.165) is 5.71 Å². The Hall–Kier alpha value is -0.610. The molecule has 4 heteroatoms. The molecule has 68 valence electrons. The Morgan fingerprint density at radius 2 is 2.33 bits per heavy atom. The smallest absolute Gasteiger partial charge is 0.166 e. The van der Waals surface area contributed by atoms with Crippen LogP contribution in [-0.2, 0) is 4.84 Å². The van der Waals surface area contributed by atoms with Crippen molar-refractivity contribution in [2.45, 2.75) is 38.1 Å². The minimum atomic E-state index is -0.939. The van der Waals surface area contributed by atoms with E-state index in [-0.39, 0.29) is 12.0 Å². The van der Waals surface area contributed by atoms with E-state index < -0.39 is 11.7 Å². The Bertz CT molecular complexity index is 236. The first-order valence-corrected chi connectivity index (χ1v) is 4.13. The van der Waals surface area contributed by atoms with E-state index in [1.807, 2.05) is 6.92 Å². The van der Waals surface area contributed by atoms with Gasteiger partial charge in [-0.1, -0.05) is 5.16 Å². The van der Waals surface area contributed by atoms with Gasteiger partial charge in [0.2, 0.25) is 0 Å². The number of aliphatic hydroxyl groups excluding tert-OH is 1. The first-order chi connectivity index (χ1) is 5.52. The lowest BCUT2D eigenvalue weighted by Gasteiger charge is -2.21. The predicted molar refractivity (Wildman–Crippen MR) is 42.7 cm³/mol. The van der Waals surface area contributed by atoms with Crippen molar-refractivity contribution in [1.29, 1.82) is 0 Å². The van der Waals surface area contributed by atoms with Crippen LogP contribution in [0.4, 0.5) is 0 Å². The molecule has 2 N–H and O–H groups in total. The van der Waals surface area contributed by atoms with Crippen molar-refractivity contribution in [1.82, 2.24) is 0 Å². The lowest BCUT2D eigenvalue weighted by molar-refractivity contribution is -0.0738. The number of aliphatic hydroxyl groups is 2. The minimum absolute atomic E-state index is 0.111. The molecule has 1 aliphatic heterocycles. The summed E-state index contributed by atoms with van der Waals surface area (Å²) in [7, 11) is 0. The summed E-state index contributed by atoms with van der Waals surface area (Å²) in [4.78, 5) is 5.05. The Morgan fingerprint density at radius 3 is 2.92 bits per heavy atom. The van der Waals surface area contributed by atoms with Gasteiger partial charge in [0.25, 0.3) is 0 Å². The molecule has 0 aromatic heterocycles. The third-order valence-electron chi connectivity index (χ3n) is 2.77. The number of fused-ring (bicyclic) bond motifs is 1. The van der Waals surface area contributed by atoms with Gasteiger partial charge in [-0.15, -0.1) is 0 Å². The Kier molecular flexibility index (Phi) is 1.47. The highest BCUT2D eigenvalue weighted by Crippen LogP contribution is 2.41. The van der Waals surface area contributed by atoms with Crippen LogP contribution in [0.15, 0.2) is 5.16 Å². The largest absolute Gasteiger partial charge is 0.392 e. The fourth-order valence-corrected chi connectivity index (χ4v) is 2.13. The highest BCUT2D eigenvalue weighted by atomic mass is 16.7. The van der Waals surface area contributed by atoms with E-state index in [2.05, 4.69) is 5.16 Å². The van der Waals surface area contributed by atoms with Crippen LogP contribution in [0, 0.1) is 5.92 Å². The van der Waals surface area contributed by atoms with Crippen LogP contribution < -0.4 is 0 Å². The SMILES string of the molecule is CC1=NO[C@H]2[C@@H]1[C@H](O)C[C@@]2(C)O. The normalized spacial score (nSPS) is 51.7. The van der Waals surface area contributed by atoms with Crippen LogP contribution in [0.2, 0.25) is 0 Å². The van der Waals surface area contributed by atoms with Crippen molar-refractivity contribution in [3.63, 3.8) is 0 Å². The maximum Gasteiger partial charge on any atom is 0.166 e. The lowest BCUT2D eigenvalue weighted by Crippen LogP contribution is -2.37. The van der Waals surface area contributed by atoms with Crippen LogP contribution in [-0.4, -0.2) is 33.7 Å². The van der Waals surface area contributed by atoms with E-state index in [9.17, 15) is 10.2 Å². The Morgan fingerprint density at radius 1 is 1.67 bits per heavy atom. The maximum atomic E-state index is 9.79. The molecule has 0 aromatic rings. The molecule has 0 unspecified atom stereocenters. The second-order valence-electron chi connectivity index (χ2n) is 3.91. The quantitative estimate of drug-likeness (QED) is 0.534. The molecule has 0 aromatic carbocycles. The van der Waals surface area contributed by atoms with E-state index in [0.29, 0.717) is 6.42 Å². The fourth-order valence-electron chi connectivity index (χ4n) is 2.13. The van der Waals surface area contributed by atoms with E-state index in [1.165, 1.54) is 0 Å². The summed E-state index contributed by atoms with van der Waals surface area (Å²) < 4.78 is 0. The summed E-state index contributed by atoms with van der Waals surface area (Å²) in [6, 6.07) is 0. The number of hydrogen-bond donors (Lipinski definition) is 2. The standard InChI is InChI=1S/C8H13NO3/c1-4-6-5(10)3-8(2,11)7(6)12-9-4/h5-7,10-11H,3H2,1-2H3/t5-,6+,7+,8-/m1/s1. The topological polar surface area (TPSA) is 62.0 Å². The van der Waals surface area contributed by atoms with Crippen molar-refractivity contribution < 1.29 is 15.1 Å². The predicted octanol–water partition coefficient (Wildman–Crippen LogP) is -0.107. The van der Waals surface area contributed by atoms with Gasteiger partial charge in [0.15, 0.2) is 6.10 Å². The van der Waals surface area contributed by atoms with Crippen molar-refractivity contribution in [2.75, 3.05) is 0 Å². The first-order valence-electron chi connectivity index (χ1n) is 4.13. The lowest BCUT2D eigenvalue weighted by atomic mass is 9.96. The summed E-state index contributed by atoms with van der Waals surface area (Å²) in [6.07, 6.45) is -0.501. The van der Waals surface area contributed by atoms with Crippen molar-refractivity contribution in [3.05, 3.63) is 0 Å². The number of nitrogens with zero attached hydrogens (tertiary/aromatic N) is 1.